The van der Waals surface area contributed by atoms with Crippen LogP contribution in [0.15, 0.2) is 24.3 Å². The van der Waals surface area contributed by atoms with Crippen LogP contribution in [0.5, 0.6) is 11.5 Å². The number of hydrogen-bond acceptors (Lipinski definition) is 5. The van der Waals surface area contributed by atoms with Gasteiger partial charge in [-0.2, -0.15) is 4.31 Å². The first kappa shape index (κ1) is 16.1. The van der Waals surface area contributed by atoms with E-state index in [4.69, 9.17) is 9.47 Å². The smallest absolute Gasteiger partial charge is 0.267 e. The van der Waals surface area contributed by atoms with Gasteiger partial charge >= 0.3 is 0 Å². The maximum absolute atomic E-state index is 12.7. The van der Waals surface area contributed by atoms with Crippen LogP contribution in [0.3, 0.4) is 0 Å². The minimum atomic E-state index is -3.21. The summed E-state index contributed by atoms with van der Waals surface area (Å²) in [4.78, 5) is 14.3. The molecule has 1 fully saturated rings. The summed E-state index contributed by atoms with van der Waals surface area (Å²) in [5.41, 5.74) is 0. The SMILES string of the molecule is C[C@@H]1Oc2ccccc2O[C@@H]1C(=O)N1CCN(S(C)(=O)=O)CC1. The number of nitrogens with zero attached hydrogens (tertiary/aromatic N) is 2. The quantitative estimate of drug-likeness (QED) is 0.775. The minimum Gasteiger partial charge on any atom is -0.482 e. The predicted molar refractivity (Wildman–Crippen MR) is 83.9 cm³/mol. The monoisotopic (exact) mass is 340 g/mol. The molecule has 3 rings (SSSR count). The number of amides is 1. The number of piperazine rings is 1. The van der Waals surface area contributed by atoms with Crippen molar-refractivity contribution in [3.8, 4) is 11.5 Å². The second-order valence-corrected chi connectivity index (χ2v) is 7.78. The molecule has 126 valence electrons. The molecule has 2 aliphatic rings. The molecule has 23 heavy (non-hydrogen) atoms. The lowest BCUT2D eigenvalue weighted by atomic mass is 10.1. The standard InChI is InChI=1S/C15H20N2O5S/c1-11-14(22-13-6-4-3-5-12(13)21-11)15(18)16-7-9-17(10-8-16)23(2,19)20/h3-6,11,14H,7-10H2,1-2H3/t11-,14-/m0/s1. The van der Waals surface area contributed by atoms with Crippen molar-refractivity contribution in [3.63, 3.8) is 0 Å². The molecule has 0 bridgehead atoms. The van der Waals surface area contributed by atoms with Gasteiger partial charge in [-0.3, -0.25) is 4.79 Å². The molecule has 0 aliphatic carbocycles. The van der Waals surface area contributed by atoms with E-state index in [1.165, 1.54) is 10.6 Å². The number of para-hydroxylation sites is 2. The molecule has 0 N–H and O–H groups in total. The number of carbonyl (C=O) groups is 1. The molecule has 2 heterocycles. The fourth-order valence-corrected chi connectivity index (χ4v) is 3.64. The van der Waals surface area contributed by atoms with Crippen LogP contribution in [0.25, 0.3) is 0 Å². The Bertz CT molecular complexity index is 698. The summed E-state index contributed by atoms with van der Waals surface area (Å²) < 4.78 is 36.0. The van der Waals surface area contributed by atoms with Gasteiger partial charge in [0, 0.05) is 26.2 Å². The van der Waals surface area contributed by atoms with E-state index in [0.717, 1.165) is 0 Å². The van der Waals surface area contributed by atoms with Gasteiger partial charge in [-0.05, 0) is 19.1 Å². The number of hydrogen-bond donors (Lipinski definition) is 0. The minimum absolute atomic E-state index is 0.167. The summed E-state index contributed by atoms with van der Waals surface area (Å²) >= 11 is 0. The van der Waals surface area contributed by atoms with Crippen LogP contribution < -0.4 is 9.47 Å². The topological polar surface area (TPSA) is 76.2 Å². The van der Waals surface area contributed by atoms with Gasteiger partial charge in [0.15, 0.2) is 11.5 Å². The van der Waals surface area contributed by atoms with E-state index in [1.807, 2.05) is 12.1 Å². The highest BCUT2D eigenvalue weighted by atomic mass is 32.2. The van der Waals surface area contributed by atoms with E-state index < -0.39 is 22.2 Å². The Kier molecular flexibility index (Phi) is 4.20. The summed E-state index contributed by atoms with van der Waals surface area (Å²) in [6.07, 6.45) is 0.0710. The molecular formula is C15H20N2O5S. The molecule has 8 heteroatoms. The highest BCUT2D eigenvalue weighted by Gasteiger charge is 2.38. The molecule has 7 nitrogen and oxygen atoms in total. The van der Waals surface area contributed by atoms with Crippen molar-refractivity contribution in [1.82, 2.24) is 9.21 Å². The average Bonchev–Trinajstić information content (AvgIpc) is 2.53. The maximum atomic E-state index is 12.7. The van der Waals surface area contributed by atoms with Gasteiger partial charge < -0.3 is 14.4 Å². The van der Waals surface area contributed by atoms with Gasteiger partial charge in [-0.15, -0.1) is 0 Å². The first-order chi connectivity index (χ1) is 10.9. The number of benzene rings is 1. The lowest BCUT2D eigenvalue weighted by Gasteiger charge is -2.38. The molecule has 0 saturated carbocycles. The lowest BCUT2D eigenvalue weighted by Crippen LogP contribution is -2.56. The third-order valence-corrected chi connectivity index (χ3v) is 5.41. The maximum Gasteiger partial charge on any atom is 0.267 e. The van der Waals surface area contributed by atoms with Crippen molar-refractivity contribution in [2.24, 2.45) is 0 Å². The van der Waals surface area contributed by atoms with E-state index in [0.29, 0.717) is 37.7 Å². The second kappa shape index (κ2) is 6.01. The lowest BCUT2D eigenvalue weighted by molar-refractivity contribution is -0.145. The first-order valence-corrected chi connectivity index (χ1v) is 9.37. The number of carbonyl (C=O) groups excluding carboxylic acids is 1. The molecule has 0 spiro atoms. The van der Waals surface area contributed by atoms with Crippen LogP contribution in [0.4, 0.5) is 0 Å². The highest BCUT2D eigenvalue weighted by Crippen LogP contribution is 2.34. The Labute approximate surface area is 135 Å². The van der Waals surface area contributed by atoms with Gasteiger partial charge in [-0.1, -0.05) is 12.1 Å². The van der Waals surface area contributed by atoms with Gasteiger partial charge in [0.05, 0.1) is 6.26 Å². The van der Waals surface area contributed by atoms with Crippen LogP contribution in [0.1, 0.15) is 6.92 Å². The van der Waals surface area contributed by atoms with Crippen molar-refractivity contribution in [1.29, 1.82) is 0 Å². The van der Waals surface area contributed by atoms with Gasteiger partial charge in [0.2, 0.25) is 16.1 Å². The second-order valence-electron chi connectivity index (χ2n) is 5.80. The Balaban J connectivity index is 1.68. The van der Waals surface area contributed by atoms with Crippen LogP contribution >= 0.6 is 0 Å². The molecule has 0 aromatic heterocycles. The summed E-state index contributed by atoms with van der Waals surface area (Å²) in [7, 11) is -3.21. The molecule has 1 aromatic rings. The van der Waals surface area contributed by atoms with E-state index in [9.17, 15) is 13.2 Å². The fraction of sp³-hybridized carbons (Fsp3) is 0.533. The Hall–Kier alpha value is -1.80. The number of fused-ring (bicyclic) bond motifs is 1. The van der Waals surface area contributed by atoms with E-state index in [2.05, 4.69) is 0 Å². The number of ether oxygens (including phenoxy) is 2. The van der Waals surface area contributed by atoms with E-state index in [1.54, 1.807) is 24.0 Å². The van der Waals surface area contributed by atoms with Crippen molar-refractivity contribution < 1.29 is 22.7 Å². The van der Waals surface area contributed by atoms with Crippen molar-refractivity contribution >= 4 is 15.9 Å². The normalized spacial score (nSPS) is 25.2. The molecule has 2 aliphatic heterocycles. The summed E-state index contributed by atoms with van der Waals surface area (Å²) in [5.74, 6) is 1.02. The summed E-state index contributed by atoms with van der Waals surface area (Å²) in [6, 6.07) is 7.24. The van der Waals surface area contributed by atoms with Crippen LogP contribution in [-0.4, -0.2) is 68.2 Å². The summed E-state index contributed by atoms with van der Waals surface area (Å²) in [5, 5.41) is 0. The van der Waals surface area contributed by atoms with Gasteiger partial charge in [0.1, 0.15) is 6.10 Å². The van der Waals surface area contributed by atoms with Crippen LogP contribution in [-0.2, 0) is 14.8 Å². The predicted octanol–water partition coefficient (Wildman–Crippen LogP) is 0.319. The Morgan fingerprint density at radius 3 is 2.22 bits per heavy atom. The Morgan fingerprint density at radius 2 is 1.65 bits per heavy atom. The molecule has 1 aromatic carbocycles. The molecule has 2 atom stereocenters. The van der Waals surface area contributed by atoms with Crippen LogP contribution in [0, 0.1) is 0 Å². The highest BCUT2D eigenvalue weighted by molar-refractivity contribution is 7.88. The Morgan fingerprint density at radius 1 is 1.09 bits per heavy atom. The van der Waals surface area contributed by atoms with Crippen molar-refractivity contribution in [3.05, 3.63) is 24.3 Å². The fourth-order valence-electron chi connectivity index (χ4n) is 2.81. The zero-order valence-electron chi connectivity index (χ0n) is 13.1. The zero-order chi connectivity index (χ0) is 16.6. The van der Waals surface area contributed by atoms with Gasteiger partial charge in [-0.25, -0.2) is 8.42 Å². The molecule has 1 amide bonds. The zero-order valence-corrected chi connectivity index (χ0v) is 14.0. The summed E-state index contributed by atoms with van der Waals surface area (Å²) in [6.45, 7) is 3.14. The van der Waals surface area contributed by atoms with E-state index in [-0.39, 0.29) is 5.91 Å². The van der Waals surface area contributed by atoms with Crippen LogP contribution in [0.2, 0.25) is 0 Å². The van der Waals surface area contributed by atoms with E-state index >= 15 is 0 Å². The molecule has 0 radical (unpaired) electrons. The average molecular weight is 340 g/mol. The molecular weight excluding hydrogens is 320 g/mol. The third kappa shape index (κ3) is 3.28. The largest absolute Gasteiger partial charge is 0.482 e. The van der Waals surface area contributed by atoms with Gasteiger partial charge in [0.25, 0.3) is 5.91 Å². The van der Waals surface area contributed by atoms with Crippen molar-refractivity contribution in [2.45, 2.75) is 19.1 Å². The first-order valence-electron chi connectivity index (χ1n) is 7.52. The third-order valence-electron chi connectivity index (χ3n) is 4.11. The molecule has 1 saturated heterocycles. The number of rotatable bonds is 2. The number of sulfonamides is 1. The molecule has 0 unspecified atom stereocenters. The van der Waals surface area contributed by atoms with Crippen molar-refractivity contribution in [2.75, 3.05) is 32.4 Å².